The van der Waals surface area contributed by atoms with Crippen molar-refractivity contribution < 1.29 is 4.74 Å². The van der Waals surface area contributed by atoms with Crippen LogP contribution >= 0.6 is 0 Å². The van der Waals surface area contributed by atoms with Gasteiger partial charge < -0.3 is 10.5 Å². The van der Waals surface area contributed by atoms with Gasteiger partial charge in [0.05, 0.1) is 12.2 Å². The molecule has 1 aliphatic carbocycles. The summed E-state index contributed by atoms with van der Waals surface area (Å²) in [6.45, 7) is 9.02. The van der Waals surface area contributed by atoms with Crippen LogP contribution in [0.4, 0.5) is 0 Å². The zero-order valence-corrected chi connectivity index (χ0v) is 12.9. The zero-order valence-electron chi connectivity index (χ0n) is 12.9. The van der Waals surface area contributed by atoms with Gasteiger partial charge in [-0.1, -0.05) is 52.9 Å². The van der Waals surface area contributed by atoms with Crippen LogP contribution in [0.25, 0.3) is 0 Å². The van der Waals surface area contributed by atoms with Crippen molar-refractivity contribution in [1.29, 1.82) is 0 Å². The second kappa shape index (κ2) is 7.49. The quantitative estimate of drug-likeness (QED) is 0.690. The lowest BCUT2D eigenvalue weighted by atomic mass is 9.72. The lowest BCUT2D eigenvalue weighted by Gasteiger charge is -2.42. The molecule has 1 fully saturated rings. The molecule has 1 rings (SSSR count). The highest BCUT2D eigenvalue weighted by molar-refractivity contribution is 4.92. The number of hydrogen-bond donors (Lipinski definition) is 1. The Morgan fingerprint density at radius 2 is 2.00 bits per heavy atom. The fourth-order valence-corrected chi connectivity index (χ4v) is 2.99. The topological polar surface area (TPSA) is 35.2 Å². The first-order valence-corrected chi connectivity index (χ1v) is 7.88. The zero-order chi connectivity index (χ0) is 13.6. The van der Waals surface area contributed by atoms with Crippen molar-refractivity contribution in [2.75, 3.05) is 0 Å². The summed E-state index contributed by atoms with van der Waals surface area (Å²) >= 11 is 0. The highest BCUT2D eigenvalue weighted by Gasteiger charge is 2.37. The van der Waals surface area contributed by atoms with E-state index < -0.39 is 0 Å². The van der Waals surface area contributed by atoms with Crippen molar-refractivity contribution in [2.24, 2.45) is 11.1 Å². The van der Waals surface area contributed by atoms with E-state index in [0.717, 1.165) is 6.42 Å². The monoisotopic (exact) mass is 255 g/mol. The molecule has 0 aromatic heterocycles. The highest BCUT2D eigenvalue weighted by Crippen LogP contribution is 2.36. The number of ether oxygens (including phenoxy) is 1. The predicted molar refractivity (Wildman–Crippen MR) is 78.7 cm³/mol. The van der Waals surface area contributed by atoms with Gasteiger partial charge in [-0.2, -0.15) is 0 Å². The van der Waals surface area contributed by atoms with Crippen molar-refractivity contribution in [3.63, 3.8) is 0 Å². The number of rotatable bonds is 7. The molecule has 0 aromatic carbocycles. The molecule has 1 saturated carbocycles. The van der Waals surface area contributed by atoms with Gasteiger partial charge in [0.25, 0.3) is 0 Å². The molecule has 1 aliphatic rings. The van der Waals surface area contributed by atoms with E-state index in [9.17, 15) is 0 Å². The summed E-state index contributed by atoms with van der Waals surface area (Å²) in [5.41, 5.74) is 6.60. The van der Waals surface area contributed by atoms with Crippen molar-refractivity contribution in [3.05, 3.63) is 0 Å². The van der Waals surface area contributed by atoms with Crippen LogP contribution in [0.1, 0.15) is 79.1 Å². The van der Waals surface area contributed by atoms with E-state index >= 15 is 0 Å². The van der Waals surface area contributed by atoms with Crippen LogP contribution < -0.4 is 5.73 Å². The third-order valence-electron chi connectivity index (χ3n) is 4.48. The Bertz CT molecular complexity index is 227. The highest BCUT2D eigenvalue weighted by atomic mass is 16.5. The summed E-state index contributed by atoms with van der Waals surface area (Å²) in [5.74, 6) is 0. The van der Waals surface area contributed by atoms with Crippen molar-refractivity contribution >= 4 is 0 Å². The average molecular weight is 255 g/mol. The first-order chi connectivity index (χ1) is 8.47. The molecule has 0 heterocycles. The predicted octanol–water partition coefficient (Wildman–Crippen LogP) is 4.27. The Kier molecular flexibility index (Phi) is 6.65. The van der Waals surface area contributed by atoms with Gasteiger partial charge in [-0.15, -0.1) is 0 Å². The lowest BCUT2D eigenvalue weighted by Crippen LogP contribution is -2.51. The van der Waals surface area contributed by atoms with E-state index in [4.69, 9.17) is 10.5 Å². The van der Waals surface area contributed by atoms with Crippen molar-refractivity contribution in [1.82, 2.24) is 0 Å². The van der Waals surface area contributed by atoms with Gasteiger partial charge in [0.15, 0.2) is 0 Å². The summed E-state index contributed by atoms with van der Waals surface area (Å²) in [7, 11) is 0. The Balaban J connectivity index is 2.28. The van der Waals surface area contributed by atoms with Crippen LogP contribution in [0, 0.1) is 5.41 Å². The molecule has 0 bridgehead atoms. The molecule has 0 saturated heterocycles. The third-order valence-corrected chi connectivity index (χ3v) is 4.48. The first-order valence-electron chi connectivity index (χ1n) is 7.88. The fourth-order valence-electron chi connectivity index (χ4n) is 2.99. The van der Waals surface area contributed by atoms with Crippen molar-refractivity contribution in [3.8, 4) is 0 Å². The van der Waals surface area contributed by atoms with E-state index in [1.807, 2.05) is 0 Å². The fraction of sp³-hybridized carbons (Fsp3) is 1.00. The number of nitrogens with two attached hydrogens (primary N) is 1. The second-order valence-electron chi connectivity index (χ2n) is 6.74. The summed E-state index contributed by atoms with van der Waals surface area (Å²) < 4.78 is 6.19. The molecule has 3 atom stereocenters. The van der Waals surface area contributed by atoms with Gasteiger partial charge >= 0.3 is 0 Å². The Hall–Kier alpha value is -0.0800. The van der Waals surface area contributed by atoms with Crippen LogP contribution in [0.15, 0.2) is 0 Å². The molecule has 3 unspecified atom stereocenters. The SMILES string of the molecule is CCCCCCC(C)OC1CCCC(C)(C)C1N. The van der Waals surface area contributed by atoms with Crippen molar-refractivity contribution in [2.45, 2.75) is 97.3 Å². The van der Waals surface area contributed by atoms with Crippen LogP contribution in [-0.4, -0.2) is 18.2 Å². The molecular weight excluding hydrogens is 222 g/mol. The molecule has 0 amide bonds. The van der Waals surface area contributed by atoms with Gasteiger partial charge in [-0.3, -0.25) is 0 Å². The van der Waals surface area contributed by atoms with Gasteiger partial charge in [0, 0.05) is 6.04 Å². The molecule has 2 nitrogen and oxygen atoms in total. The van der Waals surface area contributed by atoms with Gasteiger partial charge in [0.2, 0.25) is 0 Å². The minimum Gasteiger partial charge on any atom is -0.374 e. The minimum absolute atomic E-state index is 0.198. The normalized spacial score (nSPS) is 29.2. The van der Waals surface area contributed by atoms with E-state index in [2.05, 4.69) is 27.7 Å². The standard InChI is InChI=1S/C16H33NO/c1-5-6-7-8-10-13(2)18-14-11-9-12-16(3,4)15(14)17/h13-15H,5-12,17H2,1-4H3. The van der Waals surface area contributed by atoms with Gasteiger partial charge in [-0.25, -0.2) is 0 Å². The van der Waals surface area contributed by atoms with Crippen LogP contribution in [0.5, 0.6) is 0 Å². The van der Waals surface area contributed by atoms with Crippen LogP contribution in [-0.2, 0) is 4.74 Å². The van der Waals surface area contributed by atoms with E-state index in [-0.39, 0.29) is 17.6 Å². The maximum absolute atomic E-state index is 6.36. The molecule has 0 radical (unpaired) electrons. The van der Waals surface area contributed by atoms with Crippen LogP contribution in [0.3, 0.4) is 0 Å². The largest absolute Gasteiger partial charge is 0.374 e. The van der Waals surface area contributed by atoms with Gasteiger partial charge in [-0.05, 0) is 31.6 Å². The molecule has 2 heteroatoms. The molecule has 18 heavy (non-hydrogen) atoms. The third kappa shape index (κ3) is 4.89. The summed E-state index contributed by atoms with van der Waals surface area (Å²) in [4.78, 5) is 0. The molecule has 0 aromatic rings. The Morgan fingerprint density at radius 1 is 1.28 bits per heavy atom. The molecule has 0 spiro atoms. The Morgan fingerprint density at radius 3 is 2.67 bits per heavy atom. The second-order valence-corrected chi connectivity index (χ2v) is 6.74. The number of unbranched alkanes of at least 4 members (excludes halogenated alkanes) is 3. The lowest BCUT2D eigenvalue weighted by molar-refractivity contribution is -0.0634. The summed E-state index contributed by atoms with van der Waals surface area (Å²) in [6.07, 6.45) is 10.7. The molecular formula is C16H33NO. The first kappa shape index (κ1) is 16.0. The summed E-state index contributed by atoms with van der Waals surface area (Å²) in [6, 6.07) is 0.198. The maximum Gasteiger partial charge on any atom is 0.0734 e. The van der Waals surface area contributed by atoms with E-state index in [1.165, 1.54) is 44.9 Å². The molecule has 2 N–H and O–H groups in total. The van der Waals surface area contributed by atoms with E-state index in [1.54, 1.807) is 0 Å². The summed E-state index contributed by atoms with van der Waals surface area (Å²) in [5, 5.41) is 0. The molecule has 0 aliphatic heterocycles. The average Bonchev–Trinajstić information content (AvgIpc) is 2.31. The minimum atomic E-state index is 0.198. The van der Waals surface area contributed by atoms with Crippen LogP contribution in [0.2, 0.25) is 0 Å². The number of hydrogen-bond acceptors (Lipinski definition) is 2. The molecule has 108 valence electrons. The van der Waals surface area contributed by atoms with Gasteiger partial charge in [0.1, 0.15) is 0 Å². The van der Waals surface area contributed by atoms with E-state index in [0.29, 0.717) is 6.10 Å². The maximum atomic E-state index is 6.36. The Labute approximate surface area is 114 Å². The smallest absolute Gasteiger partial charge is 0.0734 e.